The molecule has 0 bridgehead atoms. The predicted molar refractivity (Wildman–Crippen MR) is 634 cm³/mol. The van der Waals surface area contributed by atoms with Crippen molar-refractivity contribution in [1.29, 1.82) is 0 Å². The van der Waals surface area contributed by atoms with Gasteiger partial charge in [0.2, 0.25) is 17.8 Å². The second kappa shape index (κ2) is 34.4. The minimum Gasteiger partial charge on any atom is -0.455 e. The average Bonchev–Trinajstić information content (AvgIpc) is 1.54. The van der Waals surface area contributed by atoms with E-state index in [0.29, 0.717) is 29.5 Å². The lowest BCUT2D eigenvalue weighted by molar-refractivity contribution is 0.670. The van der Waals surface area contributed by atoms with Gasteiger partial charge in [0.25, 0.3) is 0 Å². The van der Waals surface area contributed by atoms with Crippen LogP contribution >= 0.6 is 45.3 Å². The van der Waals surface area contributed by atoms with Crippen molar-refractivity contribution in [3.8, 4) is 96.5 Å². The van der Waals surface area contributed by atoms with Gasteiger partial charge in [0.05, 0.1) is 74.3 Å². The van der Waals surface area contributed by atoms with Gasteiger partial charge in [-0.2, -0.15) is 9.97 Å². The predicted octanol–water partition coefficient (Wildman–Crippen LogP) is 37.8. The highest BCUT2D eigenvalue weighted by molar-refractivity contribution is 7.28. The molecule has 0 radical (unpaired) electrons. The third-order valence-electron chi connectivity index (χ3n) is 29.8. The van der Waals surface area contributed by atoms with Crippen molar-refractivity contribution >= 4 is 257 Å². The minimum absolute atomic E-state index is 0.605. The smallest absolute Gasteiger partial charge is 0.238 e. The zero-order valence-electron chi connectivity index (χ0n) is 80.0. The maximum atomic E-state index is 6.57. The Kier molecular flexibility index (Phi) is 19.6. The van der Waals surface area contributed by atoms with E-state index in [1.54, 1.807) is 11.3 Å². The molecule has 0 aliphatic carbocycles. The molecule has 11 nitrogen and oxygen atoms in total. The number of aromatic nitrogens is 10. The quantitative estimate of drug-likeness (QED) is 0.133. The number of rotatable bonds is 10. The monoisotopic (exact) mass is 1980 g/mol. The standard InChI is InChI=1S/C48H27N3OS.C44H25N3S2.C43H26N4S/c1-2-13-28(14-3-1)29-25-26-36-41(27-29)53-47-43(36)32-17-5-4-16-31(32)42-35-19-7-10-23-39(35)51(45(42)47)48-49-38-22-9-6-18-34(38)44(50-48)37-21-12-20-33-30-15-8-11-24-40(30)52-46(33)37;1-3-13-26(14-4-1)28-23-24-36-33(25-28)38-30-18-8-7-17-29(30)37-31-19-9-11-21-34(31)47(41(37)42(38)48-36)44-45-39(27-15-5-2-6-16-27)43-40(46-44)32-20-10-12-22-35(32)49-43;1-4-14-27(15-5-1)30-24-25-36-34(26-30)38-32-21-11-10-20-31(32)37-33-22-12-13-23-35(33)47(39(37)40(38)48-36)43-45-41(28-16-6-2-7-17-28)44-42(46-43)29-18-8-3-9-19-29/h1-27H;1-25H;1-26H. The molecule has 33 aromatic rings. The Bertz CT molecular complexity index is 11400. The van der Waals surface area contributed by atoms with Gasteiger partial charge in [-0.3, -0.25) is 13.7 Å². The van der Waals surface area contributed by atoms with Crippen molar-refractivity contribution in [2.45, 2.75) is 0 Å². The molecule has 0 aliphatic heterocycles. The highest BCUT2D eigenvalue weighted by Crippen LogP contribution is 2.55. The van der Waals surface area contributed by atoms with E-state index in [0.717, 1.165) is 115 Å². The first kappa shape index (κ1) is 85.5. The van der Waals surface area contributed by atoms with Gasteiger partial charge in [0.15, 0.2) is 11.6 Å². The topological polar surface area (TPSA) is 118 Å². The number of hydrogen-bond donors (Lipinski definition) is 0. The number of benzene rings is 22. The molecule has 0 saturated heterocycles. The van der Waals surface area contributed by atoms with Crippen LogP contribution in [0.15, 0.2) is 478 Å². The van der Waals surface area contributed by atoms with Gasteiger partial charge in [0.1, 0.15) is 11.2 Å². The molecular weight excluding hydrogens is 1910 g/mol. The molecule has 698 valence electrons. The van der Waals surface area contributed by atoms with Gasteiger partial charge in [-0.25, -0.2) is 24.9 Å². The molecule has 22 aromatic carbocycles. The Morgan fingerprint density at radius 2 is 0.533 bits per heavy atom. The van der Waals surface area contributed by atoms with Crippen LogP contribution in [0.25, 0.3) is 308 Å². The van der Waals surface area contributed by atoms with E-state index >= 15 is 0 Å². The summed E-state index contributed by atoms with van der Waals surface area (Å²) in [5.41, 5.74) is 23.3. The first-order valence-corrected chi connectivity index (χ1v) is 53.6. The van der Waals surface area contributed by atoms with Crippen LogP contribution in [0.2, 0.25) is 0 Å². The second-order valence-electron chi connectivity index (χ2n) is 38.2. The lowest BCUT2D eigenvalue weighted by atomic mass is 9.97. The summed E-state index contributed by atoms with van der Waals surface area (Å²) in [6, 6.07) is 168. The molecule has 0 spiro atoms. The molecule has 33 rings (SSSR count). The normalized spacial score (nSPS) is 12.0. The number of thiophene rings is 4. The van der Waals surface area contributed by atoms with Crippen LogP contribution in [0.5, 0.6) is 0 Å². The van der Waals surface area contributed by atoms with E-state index in [-0.39, 0.29) is 0 Å². The third kappa shape index (κ3) is 13.4. The molecule has 11 aromatic heterocycles. The lowest BCUT2D eigenvalue weighted by Gasteiger charge is -2.13. The number of furan rings is 1. The average molecular weight is 1980 g/mol. The molecule has 0 fully saturated rings. The van der Waals surface area contributed by atoms with Crippen molar-refractivity contribution in [2.75, 3.05) is 0 Å². The molecule has 0 amide bonds. The van der Waals surface area contributed by atoms with E-state index in [2.05, 4.69) is 438 Å². The Hall–Kier alpha value is -18.9. The summed E-state index contributed by atoms with van der Waals surface area (Å²) in [5, 5.41) is 26.7. The first-order chi connectivity index (χ1) is 74.4. The summed E-state index contributed by atoms with van der Waals surface area (Å²) in [5.74, 6) is 3.22. The van der Waals surface area contributed by atoms with Gasteiger partial charge in [-0.15, -0.1) is 45.3 Å². The number of nitrogens with zero attached hydrogens (tertiary/aromatic N) is 10. The molecule has 0 atom stereocenters. The van der Waals surface area contributed by atoms with Crippen molar-refractivity contribution in [3.63, 3.8) is 0 Å². The summed E-state index contributed by atoms with van der Waals surface area (Å²) < 4.78 is 23.3. The van der Waals surface area contributed by atoms with Crippen LogP contribution in [-0.2, 0) is 0 Å². The van der Waals surface area contributed by atoms with Gasteiger partial charge in [0, 0.05) is 127 Å². The van der Waals surface area contributed by atoms with Gasteiger partial charge < -0.3 is 4.42 Å². The van der Waals surface area contributed by atoms with Crippen LogP contribution in [0, 0.1) is 0 Å². The summed E-state index contributed by atoms with van der Waals surface area (Å²) in [4.78, 5) is 37.2. The molecule has 150 heavy (non-hydrogen) atoms. The van der Waals surface area contributed by atoms with Gasteiger partial charge in [-0.1, -0.05) is 400 Å². The SMILES string of the molecule is c1ccc(-c2ccc3c(c2)sc2c3c3ccccc3c3c4ccccc4n(-c4nc(-c5cccc6c5oc5ccccc56)c5ccccc5n4)c23)cc1.c1ccc(-c2ccc3sc4c(c3c2)c2ccccc2c2c3ccccc3n(-c3nc(-c5ccccc5)c5sc6ccccc6c5n3)c42)cc1.c1ccc(-c2ccc3sc4c(c3c2)c2ccccc2c2c3ccccc3n(-c3nc(-c5ccccc5)nc(-c5ccccc5)n3)c42)cc1. The third-order valence-corrected chi connectivity index (χ3v) is 34.5. The van der Waals surface area contributed by atoms with E-state index in [1.165, 1.54) is 163 Å². The van der Waals surface area contributed by atoms with E-state index in [4.69, 9.17) is 39.3 Å². The number of para-hydroxylation sites is 6. The fourth-order valence-electron chi connectivity index (χ4n) is 23.3. The van der Waals surface area contributed by atoms with Gasteiger partial charge in [-0.05, 0) is 138 Å². The summed E-state index contributed by atoms with van der Waals surface area (Å²) >= 11 is 7.34. The molecule has 11 heterocycles. The summed E-state index contributed by atoms with van der Waals surface area (Å²) in [6.45, 7) is 0. The van der Waals surface area contributed by atoms with E-state index in [9.17, 15) is 0 Å². The number of fused-ring (bicyclic) bond motifs is 37. The molecule has 0 N–H and O–H groups in total. The van der Waals surface area contributed by atoms with Crippen molar-refractivity contribution in [1.82, 2.24) is 48.6 Å². The zero-order chi connectivity index (χ0) is 98.3. The molecule has 0 unspecified atom stereocenters. The van der Waals surface area contributed by atoms with Crippen LogP contribution < -0.4 is 0 Å². The van der Waals surface area contributed by atoms with Crippen molar-refractivity contribution in [2.24, 2.45) is 0 Å². The fraction of sp³-hybridized carbons (Fsp3) is 0. The van der Waals surface area contributed by atoms with Crippen LogP contribution in [-0.4, -0.2) is 48.6 Å². The largest absolute Gasteiger partial charge is 0.455 e. The highest BCUT2D eigenvalue weighted by atomic mass is 32.1. The highest BCUT2D eigenvalue weighted by Gasteiger charge is 2.31. The number of hydrogen-bond acceptors (Lipinski definition) is 12. The Morgan fingerprint density at radius 1 is 0.187 bits per heavy atom. The maximum Gasteiger partial charge on any atom is 0.238 e. The maximum absolute atomic E-state index is 6.57. The van der Waals surface area contributed by atoms with E-state index < -0.39 is 0 Å². The van der Waals surface area contributed by atoms with Crippen molar-refractivity contribution in [3.05, 3.63) is 473 Å². The van der Waals surface area contributed by atoms with E-state index in [1.807, 2.05) is 82.5 Å². The van der Waals surface area contributed by atoms with Gasteiger partial charge >= 0.3 is 0 Å². The van der Waals surface area contributed by atoms with Crippen LogP contribution in [0.4, 0.5) is 0 Å². The Morgan fingerprint density at radius 3 is 1.03 bits per heavy atom. The summed E-state index contributed by atoms with van der Waals surface area (Å²) in [7, 11) is 0. The van der Waals surface area contributed by atoms with Crippen LogP contribution in [0.3, 0.4) is 0 Å². The minimum atomic E-state index is 0.605. The zero-order valence-corrected chi connectivity index (χ0v) is 83.3. The molecule has 15 heteroatoms. The molecular formula is C135H78N10OS4. The first-order valence-electron chi connectivity index (χ1n) is 50.3. The molecule has 0 aliphatic rings. The second-order valence-corrected chi connectivity index (χ2v) is 42.4. The van der Waals surface area contributed by atoms with Crippen molar-refractivity contribution < 1.29 is 4.42 Å². The van der Waals surface area contributed by atoms with Crippen LogP contribution in [0.1, 0.15) is 0 Å². The Labute approximate surface area is 872 Å². The fourth-order valence-corrected chi connectivity index (χ4v) is 28.2. The lowest BCUT2D eigenvalue weighted by Crippen LogP contribution is -2.06. The molecule has 0 saturated carbocycles. The summed E-state index contributed by atoms with van der Waals surface area (Å²) in [6.07, 6.45) is 0. The Balaban J connectivity index is 0.000000101.